The molecule has 0 radical (unpaired) electrons. The first kappa shape index (κ1) is 21.2. The van der Waals surface area contributed by atoms with Crippen LogP contribution < -0.4 is 0 Å². The summed E-state index contributed by atoms with van der Waals surface area (Å²) in [5.74, 6) is 1.01. The van der Waals surface area contributed by atoms with E-state index in [0.717, 1.165) is 22.6 Å². The first-order valence-electron chi connectivity index (χ1n) is 9.79. The standard InChI is InChI=1S/C24H21ClN4OS/c1-28(16-18-8-4-2-5-9-18)22(30)17-31-24-27-26-23(19-10-6-3-7-11-19)29(24)21-14-12-20(25)13-15-21/h2-15H,16-17H2,1H3. The fraction of sp³-hybridized carbons (Fsp3) is 0.125. The molecule has 0 aliphatic rings. The number of benzene rings is 3. The maximum absolute atomic E-state index is 12.7. The maximum Gasteiger partial charge on any atom is 0.233 e. The summed E-state index contributed by atoms with van der Waals surface area (Å²) in [7, 11) is 1.81. The van der Waals surface area contributed by atoms with Crippen LogP contribution in [0.3, 0.4) is 0 Å². The Balaban J connectivity index is 1.56. The second-order valence-electron chi connectivity index (χ2n) is 7.01. The molecular weight excluding hydrogens is 428 g/mol. The van der Waals surface area contributed by atoms with Gasteiger partial charge in [-0.25, -0.2) is 0 Å². The quantitative estimate of drug-likeness (QED) is 0.358. The zero-order chi connectivity index (χ0) is 21.6. The van der Waals surface area contributed by atoms with Crippen LogP contribution in [0.15, 0.2) is 90.1 Å². The molecule has 0 unspecified atom stereocenters. The van der Waals surface area contributed by atoms with Gasteiger partial charge in [-0.2, -0.15) is 0 Å². The Morgan fingerprint density at radius 3 is 2.26 bits per heavy atom. The van der Waals surface area contributed by atoms with Gasteiger partial charge < -0.3 is 4.90 Å². The number of nitrogens with zero attached hydrogens (tertiary/aromatic N) is 4. The third-order valence-corrected chi connectivity index (χ3v) is 5.93. The van der Waals surface area contributed by atoms with Gasteiger partial charge in [-0.15, -0.1) is 10.2 Å². The highest BCUT2D eigenvalue weighted by Gasteiger charge is 2.18. The number of carbonyl (C=O) groups excluding carboxylic acids is 1. The van der Waals surface area contributed by atoms with Gasteiger partial charge in [0.1, 0.15) is 0 Å². The van der Waals surface area contributed by atoms with Crippen LogP contribution in [-0.4, -0.2) is 38.4 Å². The maximum atomic E-state index is 12.7. The van der Waals surface area contributed by atoms with Crippen molar-refractivity contribution in [2.45, 2.75) is 11.7 Å². The summed E-state index contributed by atoms with van der Waals surface area (Å²) in [4.78, 5) is 14.4. The lowest BCUT2D eigenvalue weighted by molar-refractivity contribution is -0.127. The van der Waals surface area contributed by atoms with Crippen LogP contribution in [0, 0.1) is 0 Å². The number of hydrogen-bond acceptors (Lipinski definition) is 4. The minimum atomic E-state index is 0.0285. The lowest BCUT2D eigenvalue weighted by Crippen LogP contribution is -2.27. The van der Waals surface area contributed by atoms with Gasteiger partial charge in [0.05, 0.1) is 5.75 Å². The average molecular weight is 449 g/mol. The summed E-state index contributed by atoms with van der Waals surface area (Å²) in [6, 6.07) is 27.3. The van der Waals surface area contributed by atoms with Crippen LogP contribution in [0.2, 0.25) is 5.02 Å². The second kappa shape index (κ2) is 9.81. The van der Waals surface area contributed by atoms with Gasteiger partial charge >= 0.3 is 0 Å². The van der Waals surface area contributed by atoms with Gasteiger partial charge in [-0.1, -0.05) is 84.0 Å². The third-order valence-electron chi connectivity index (χ3n) is 4.76. The van der Waals surface area contributed by atoms with E-state index in [-0.39, 0.29) is 11.7 Å². The van der Waals surface area contributed by atoms with Gasteiger partial charge in [-0.05, 0) is 29.8 Å². The first-order chi connectivity index (χ1) is 15.1. The summed E-state index contributed by atoms with van der Waals surface area (Å²) >= 11 is 7.45. The normalized spacial score (nSPS) is 10.8. The van der Waals surface area contributed by atoms with Gasteiger partial charge in [0.15, 0.2) is 11.0 Å². The molecule has 0 atom stereocenters. The summed E-state index contributed by atoms with van der Waals surface area (Å²) in [5.41, 5.74) is 2.93. The molecule has 0 saturated carbocycles. The highest BCUT2D eigenvalue weighted by Crippen LogP contribution is 2.28. The highest BCUT2D eigenvalue weighted by molar-refractivity contribution is 7.99. The molecule has 156 valence electrons. The fourth-order valence-corrected chi connectivity index (χ4v) is 4.16. The van der Waals surface area contributed by atoms with Crippen LogP contribution >= 0.6 is 23.4 Å². The van der Waals surface area contributed by atoms with Crippen molar-refractivity contribution in [1.82, 2.24) is 19.7 Å². The average Bonchev–Trinajstić information content (AvgIpc) is 3.23. The number of thioether (sulfide) groups is 1. The Morgan fingerprint density at radius 2 is 1.58 bits per heavy atom. The molecule has 1 aromatic heterocycles. The van der Waals surface area contributed by atoms with E-state index in [1.165, 1.54) is 11.8 Å². The topological polar surface area (TPSA) is 51.0 Å². The van der Waals surface area contributed by atoms with Gasteiger partial charge in [-0.3, -0.25) is 9.36 Å². The Hall–Kier alpha value is -3.09. The van der Waals surface area contributed by atoms with Crippen molar-refractivity contribution in [2.75, 3.05) is 12.8 Å². The van der Waals surface area contributed by atoms with Crippen LogP contribution in [0.4, 0.5) is 0 Å². The summed E-state index contributed by atoms with van der Waals surface area (Å²) in [6.45, 7) is 0.569. The number of hydrogen-bond donors (Lipinski definition) is 0. The van der Waals surface area contributed by atoms with Crippen molar-refractivity contribution in [2.24, 2.45) is 0 Å². The van der Waals surface area contributed by atoms with Crippen molar-refractivity contribution in [3.05, 3.63) is 95.5 Å². The van der Waals surface area contributed by atoms with E-state index < -0.39 is 0 Å². The Kier molecular flexibility index (Phi) is 6.70. The predicted octanol–water partition coefficient (Wildman–Crippen LogP) is 5.34. The zero-order valence-corrected chi connectivity index (χ0v) is 18.6. The third kappa shape index (κ3) is 5.16. The van der Waals surface area contributed by atoms with Gasteiger partial charge in [0.2, 0.25) is 5.91 Å². The van der Waals surface area contributed by atoms with Crippen molar-refractivity contribution >= 4 is 29.3 Å². The Morgan fingerprint density at radius 1 is 0.935 bits per heavy atom. The van der Waals surface area contributed by atoms with Gasteiger partial charge in [0.25, 0.3) is 0 Å². The smallest absolute Gasteiger partial charge is 0.233 e. The summed E-state index contributed by atoms with van der Waals surface area (Å²) in [5, 5.41) is 10.1. The molecule has 31 heavy (non-hydrogen) atoms. The Labute approximate surface area is 190 Å². The molecule has 7 heteroatoms. The summed E-state index contributed by atoms with van der Waals surface area (Å²) in [6.07, 6.45) is 0. The molecule has 4 rings (SSSR count). The largest absolute Gasteiger partial charge is 0.341 e. The van der Waals surface area contributed by atoms with Crippen molar-refractivity contribution in [3.8, 4) is 17.1 Å². The van der Waals surface area contributed by atoms with Crippen LogP contribution in [0.1, 0.15) is 5.56 Å². The molecule has 0 saturated heterocycles. The number of rotatable bonds is 7. The van der Waals surface area contributed by atoms with E-state index in [2.05, 4.69) is 10.2 Å². The highest BCUT2D eigenvalue weighted by atomic mass is 35.5. The lowest BCUT2D eigenvalue weighted by atomic mass is 10.2. The molecule has 0 bridgehead atoms. The van der Waals surface area contributed by atoms with E-state index in [4.69, 9.17) is 11.6 Å². The Bertz CT molecular complexity index is 1150. The lowest BCUT2D eigenvalue weighted by Gasteiger charge is -2.17. The predicted molar refractivity (Wildman–Crippen MR) is 125 cm³/mol. The van der Waals surface area contributed by atoms with E-state index in [1.807, 2.05) is 96.5 Å². The molecule has 0 aliphatic carbocycles. The monoisotopic (exact) mass is 448 g/mol. The molecule has 5 nitrogen and oxygen atoms in total. The SMILES string of the molecule is CN(Cc1ccccc1)C(=O)CSc1nnc(-c2ccccc2)n1-c1ccc(Cl)cc1. The van der Waals surface area contributed by atoms with E-state index in [1.54, 1.807) is 4.90 Å². The van der Waals surface area contributed by atoms with Gasteiger partial charge in [0, 0.05) is 29.9 Å². The molecule has 3 aromatic carbocycles. The van der Waals surface area contributed by atoms with Crippen LogP contribution in [0.5, 0.6) is 0 Å². The molecule has 0 fully saturated rings. The number of carbonyl (C=O) groups is 1. The van der Waals surface area contributed by atoms with Crippen molar-refractivity contribution in [1.29, 1.82) is 0 Å². The molecule has 0 spiro atoms. The van der Waals surface area contributed by atoms with E-state index in [0.29, 0.717) is 16.7 Å². The molecule has 0 aliphatic heterocycles. The molecular formula is C24H21ClN4OS. The van der Waals surface area contributed by atoms with Crippen LogP contribution in [0.25, 0.3) is 17.1 Å². The first-order valence-corrected chi connectivity index (χ1v) is 11.2. The number of amides is 1. The second-order valence-corrected chi connectivity index (χ2v) is 8.39. The van der Waals surface area contributed by atoms with E-state index in [9.17, 15) is 4.79 Å². The van der Waals surface area contributed by atoms with Crippen molar-refractivity contribution in [3.63, 3.8) is 0 Å². The minimum Gasteiger partial charge on any atom is -0.341 e. The molecule has 1 amide bonds. The number of aromatic nitrogens is 3. The number of halogens is 1. The molecule has 4 aromatic rings. The summed E-state index contributed by atoms with van der Waals surface area (Å²) < 4.78 is 1.96. The molecule has 0 N–H and O–H groups in total. The van der Waals surface area contributed by atoms with Crippen molar-refractivity contribution < 1.29 is 4.79 Å². The fourth-order valence-electron chi connectivity index (χ4n) is 3.14. The van der Waals surface area contributed by atoms with Crippen LogP contribution in [-0.2, 0) is 11.3 Å². The van der Waals surface area contributed by atoms with E-state index >= 15 is 0 Å². The minimum absolute atomic E-state index is 0.0285. The molecule has 1 heterocycles. The zero-order valence-electron chi connectivity index (χ0n) is 17.0.